The quantitative estimate of drug-likeness (QED) is 0.500. The van der Waals surface area contributed by atoms with Gasteiger partial charge in [-0.25, -0.2) is 13.6 Å². The van der Waals surface area contributed by atoms with E-state index in [0.717, 1.165) is 0 Å². The Balaban J connectivity index is 1.61. The molecule has 0 aliphatic heterocycles. The van der Waals surface area contributed by atoms with Crippen LogP contribution in [0, 0.1) is 0 Å². The molecule has 0 spiro atoms. The normalized spacial score (nSPS) is 14.1. The minimum absolute atomic E-state index is 0.0989. The summed E-state index contributed by atoms with van der Waals surface area (Å²) in [6.07, 6.45) is 3.07. The van der Waals surface area contributed by atoms with Gasteiger partial charge in [-0.2, -0.15) is 18.2 Å². The van der Waals surface area contributed by atoms with Crippen molar-refractivity contribution < 1.29 is 21.9 Å². The lowest BCUT2D eigenvalue weighted by molar-refractivity contribution is -0.159. The maximum Gasteiger partial charge on any atom is 0.471 e. The van der Waals surface area contributed by atoms with Crippen LogP contribution in [0.25, 0.3) is 17.0 Å². The Morgan fingerprint density at radius 1 is 1.21 bits per heavy atom. The van der Waals surface area contributed by atoms with Crippen LogP contribution in [0.2, 0.25) is 0 Å². The Morgan fingerprint density at radius 3 is 2.72 bits per heavy atom. The number of fused-ring (bicyclic) bond motifs is 1. The fourth-order valence-corrected chi connectivity index (χ4v) is 3.66. The largest absolute Gasteiger partial charge is 0.471 e. The third kappa shape index (κ3) is 3.97. The SMILES string of the molecule is CS(=O)(=NCc1cn2cc(-c3noc(C(F)(F)F)n3)ccc2n1)c1cccnc1. The molecule has 4 aromatic heterocycles. The lowest BCUT2D eigenvalue weighted by atomic mass is 10.3. The van der Waals surface area contributed by atoms with E-state index in [2.05, 4.69) is 29.0 Å². The number of nitrogens with zero attached hydrogens (tertiary/aromatic N) is 6. The summed E-state index contributed by atoms with van der Waals surface area (Å²) in [4.78, 5) is 12.2. The Bertz CT molecular complexity index is 1290. The molecule has 0 N–H and O–H groups in total. The number of imidazole rings is 1. The van der Waals surface area contributed by atoms with Crippen molar-refractivity contribution >= 4 is 15.4 Å². The highest BCUT2D eigenvalue weighted by atomic mass is 32.2. The first-order valence-electron chi connectivity index (χ1n) is 8.19. The van der Waals surface area contributed by atoms with Crippen LogP contribution < -0.4 is 0 Å². The molecule has 0 saturated heterocycles. The standard InChI is InChI=1S/C17H13F3N6O2S/c1-29(27,13-3-2-6-21-8-13)22-7-12-10-26-9-11(4-5-14(26)23-12)15-24-16(28-25-15)17(18,19)20/h2-6,8-10H,7H2,1H3. The molecule has 150 valence electrons. The van der Waals surface area contributed by atoms with E-state index in [1.54, 1.807) is 35.0 Å². The molecule has 0 bridgehead atoms. The topological polar surface area (TPSA) is 98.5 Å². The van der Waals surface area contributed by atoms with Gasteiger partial charge < -0.3 is 8.92 Å². The van der Waals surface area contributed by atoms with Crippen LogP contribution in [-0.2, 0) is 22.5 Å². The van der Waals surface area contributed by atoms with Crippen LogP contribution in [0.5, 0.6) is 0 Å². The van der Waals surface area contributed by atoms with Crippen molar-refractivity contribution in [1.82, 2.24) is 24.5 Å². The summed E-state index contributed by atoms with van der Waals surface area (Å²) in [5.74, 6) is -1.60. The predicted molar refractivity (Wildman–Crippen MR) is 96.2 cm³/mol. The zero-order valence-electron chi connectivity index (χ0n) is 14.9. The Hall–Kier alpha value is -3.28. The predicted octanol–water partition coefficient (Wildman–Crippen LogP) is 3.46. The molecule has 0 fully saturated rings. The van der Waals surface area contributed by atoms with Crippen molar-refractivity contribution in [3.8, 4) is 11.4 Å². The van der Waals surface area contributed by atoms with Gasteiger partial charge in [-0.15, -0.1) is 0 Å². The molecular formula is C17H13F3N6O2S. The summed E-state index contributed by atoms with van der Waals surface area (Å²) in [5.41, 5.74) is 1.42. The summed E-state index contributed by atoms with van der Waals surface area (Å²) in [7, 11) is -2.63. The molecule has 1 unspecified atom stereocenters. The van der Waals surface area contributed by atoms with Crippen LogP contribution in [0.4, 0.5) is 13.2 Å². The van der Waals surface area contributed by atoms with Gasteiger partial charge in [0.1, 0.15) is 5.65 Å². The average molecular weight is 422 g/mol. The number of hydrogen-bond acceptors (Lipinski definition) is 7. The van der Waals surface area contributed by atoms with Gasteiger partial charge in [-0.1, -0.05) is 5.16 Å². The third-order valence-electron chi connectivity index (χ3n) is 3.97. The lowest BCUT2D eigenvalue weighted by Crippen LogP contribution is -2.04. The maximum absolute atomic E-state index is 12.7. The minimum Gasteiger partial charge on any atom is -0.329 e. The van der Waals surface area contributed by atoms with Crippen molar-refractivity contribution in [3.63, 3.8) is 0 Å². The third-order valence-corrected chi connectivity index (χ3v) is 5.71. The van der Waals surface area contributed by atoms with E-state index in [0.29, 0.717) is 21.8 Å². The van der Waals surface area contributed by atoms with Gasteiger partial charge in [-0.3, -0.25) is 4.98 Å². The van der Waals surface area contributed by atoms with E-state index in [9.17, 15) is 17.4 Å². The number of halogens is 3. The molecule has 29 heavy (non-hydrogen) atoms. The molecule has 4 aromatic rings. The average Bonchev–Trinajstić information content (AvgIpc) is 3.33. The van der Waals surface area contributed by atoms with Crippen LogP contribution in [0.15, 0.2) is 62.8 Å². The zero-order valence-corrected chi connectivity index (χ0v) is 15.7. The summed E-state index contributed by atoms with van der Waals surface area (Å²) in [5, 5.41) is 3.37. The highest BCUT2D eigenvalue weighted by Gasteiger charge is 2.38. The van der Waals surface area contributed by atoms with Crippen molar-refractivity contribution in [1.29, 1.82) is 0 Å². The summed E-state index contributed by atoms with van der Waals surface area (Å²) in [6.45, 7) is 0.0989. The molecule has 4 heterocycles. The second-order valence-electron chi connectivity index (χ2n) is 6.11. The zero-order chi connectivity index (χ0) is 20.6. The molecule has 1 atom stereocenters. The molecule has 0 aliphatic rings. The molecule has 0 aliphatic carbocycles. The summed E-state index contributed by atoms with van der Waals surface area (Å²) >= 11 is 0. The van der Waals surface area contributed by atoms with Crippen molar-refractivity contribution in [2.24, 2.45) is 4.36 Å². The van der Waals surface area contributed by atoms with E-state index in [1.165, 1.54) is 24.7 Å². The molecule has 0 amide bonds. The molecule has 8 nitrogen and oxygen atoms in total. The fourth-order valence-electron chi connectivity index (χ4n) is 2.54. The van der Waals surface area contributed by atoms with Gasteiger partial charge in [0.05, 0.1) is 26.9 Å². The molecule has 4 rings (SSSR count). The summed E-state index contributed by atoms with van der Waals surface area (Å²) < 4.78 is 60.7. The molecular weight excluding hydrogens is 409 g/mol. The first-order valence-corrected chi connectivity index (χ1v) is 10.1. The fraction of sp³-hybridized carbons (Fsp3) is 0.176. The number of hydrogen-bond donors (Lipinski definition) is 0. The monoisotopic (exact) mass is 422 g/mol. The molecule has 12 heteroatoms. The highest BCUT2D eigenvalue weighted by molar-refractivity contribution is 7.93. The van der Waals surface area contributed by atoms with E-state index >= 15 is 0 Å². The van der Waals surface area contributed by atoms with Gasteiger partial charge in [0.25, 0.3) is 0 Å². The van der Waals surface area contributed by atoms with Crippen molar-refractivity contribution in [2.75, 3.05) is 6.26 Å². The van der Waals surface area contributed by atoms with Gasteiger partial charge in [0.2, 0.25) is 5.82 Å². The smallest absolute Gasteiger partial charge is 0.329 e. The maximum atomic E-state index is 12.7. The van der Waals surface area contributed by atoms with Crippen molar-refractivity contribution in [3.05, 3.63) is 60.6 Å². The van der Waals surface area contributed by atoms with Gasteiger partial charge in [0.15, 0.2) is 0 Å². The lowest BCUT2D eigenvalue weighted by Gasteiger charge is -2.02. The summed E-state index contributed by atoms with van der Waals surface area (Å²) in [6, 6.07) is 6.51. The molecule has 0 saturated carbocycles. The van der Waals surface area contributed by atoms with Gasteiger partial charge in [-0.05, 0) is 24.3 Å². The number of rotatable bonds is 4. The first-order chi connectivity index (χ1) is 13.7. The van der Waals surface area contributed by atoms with Crippen LogP contribution in [0.1, 0.15) is 11.6 Å². The van der Waals surface area contributed by atoms with Gasteiger partial charge >= 0.3 is 12.1 Å². The second kappa shape index (κ2) is 6.95. The van der Waals surface area contributed by atoms with E-state index in [4.69, 9.17) is 0 Å². The van der Waals surface area contributed by atoms with E-state index in [-0.39, 0.29) is 12.4 Å². The Morgan fingerprint density at radius 2 is 2.03 bits per heavy atom. The van der Waals surface area contributed by atoms with Crippen LogP contribution in [0.3, 0.4) is 0 Å². The van der Waals surface area contributed by atoms with E-state index < -0.39 is 21.8 Å². The van der Waals surface area contributed by atoms with Gasteiger partial charge in [0, 0.05) is 36.6 Å². The molecule has 0 radical (unpaired) electrons. The Kier molecular flexibility index (Phi) is 4.57. The highest BCUT2D eigenvalue weighted by Crippen LogP contribution is 2.29. The Labute approximate surface area is 162 Å². The number of alkyl halides is 3. The van der Waals surface area contributed by atoms with E-state index in [1.807, 2.05) is 0 Å². The first kappa shape index (κ1) is 19.1. The van der Waals surface area contributed by atoms with Crippen LogP contribution in [-0.4, -0.2) is 35.0 Å². The van der Waals surface area contributed by atoms with Crippen molar-refractivity contribution in [2.45, 2.75) is 17.6 Å². The molecule has 0 aromatic carbocycles. The second-order valence-corrected chi connectivity index (χ2v) is 8.45. The van der Waals surface area contributed by atoms with Crippen LogP contribution >= 0.6 is 0 Å². The number of aromatic nitrogens is 5. The number of pyridine rings is 2. The minimum atomic E-state index is -4.71.